The molecule has 0 aliphatic carbocycles. The standard InChI is InChI=1S/C11H11F2N3/c12-7-1-2-10(13)9(5-7)11-6-8(3-4-14)15-16-11/h1-2,5-6H,3-4,14H2,(H,15,16). The maximum absolute atomic E-state index is 13.4. The quantitative estimate of drug-likeness (QED) is 0.834. The Labute approximate surface area is 91.3 Å². The summed E-state index contributed by atoms with van der Waals surface area (Å²) in [6.07, 6.45) is 0.629. The number of aromatic nitrogens is 2. The van der Waals surface area contributed by atoms with Crippen LogP contribution in [-0.2, 0) is 6.42 Å². The Kier molecular flexibility index (Phi) is 2.96. The Hall–Kier alpha value is -1.75. The van der Waals surface area contributed by atoms with Gasteiger partial charge in [0.2, 0.25) is 0 Å². The monoisotopic (exact) mass is 223 g/mol. The molecule has 2 rings (SSSR count). The van der Waals surface area contributed by atoms with Crippen LogP contribution >= 0.6 is 0 Å². The van der Waals surface area contributed by atoms with Crippen molar-refractivity contribution in [1.29, 1.82) is 0 Å². The van der Waals surface area contributed by atoms with Gasteiger partial charge < -0.3 is 5.73 Å². The lowest BCUT2D eigenvalue weighted by Crippen LogP contribution is -2.02. The Morgan fingerprint density at radius 2 is 2.06 bits per heavy atom. The third-order valence-electron chi connectivity index (χ3n) is 2.25. The highest BCUT2D eigenvalue weighted by atomic mass is 19.1. The van der Waals surface area contributed by atoms with E-state index in [1.54, 1.807) is 6.07 Å². The summed E-state index contributed by atoms with van der Waals surface area (Å²) in [5.41, 5.74) is 6.73. The van der Waals surface area contributed by atoms with Crippen molar-refractivity contribution in [2.75, 3.05) is 6.54 Å². The van der Waals surface area contributed by atoms with Crippen LogP contribution in [0.15, 0.2) is 24.3 Å². The molecule has 84 valence electrons. The van der Waals surface area contributed by atoms with Gasteiger partial charge in [0.15, 0.2) is 0 Å². The van der Waals surface area contributed by atoms with E-state index in [-0.39, 0.29) is 5.56 Å². The van der Waals surface area contributed by atoms with Crippen LogP contribution in [0.2, 0.25) is 0 Å². The second kappa shape index (κ2) is 4.40. The van der Waals surface area contributed by atoms with Gasteiger partial charge in [0, 0.05) is 17.7 Å². The number of H-pyrrole nitrogens is 1. The van der Waals surface area contributed by atoms with Gasteiger partial charge in [0.05, 0.1) is 5.69 Å². The van der Waals surface area contributed by atoms with Crippen LogP contribution in [0.25, 0.3) is 11.3 Å². The second-order valence-corrected chi connectivity index (χ2v) is 3.44. The van der Waals surface area contributed by atoms with Crippen molar-refractivity contribution in [3.63, 3.8) is 0 Å². The predicted octanol–water partition coefficient (Wildman–Crippen LogP) is 1.86. The first-order valence-electron chi connectivity index (χ1n) is 4.90. The highest BCUT2D eigenvalue weighted by Gasteiger charge is 2.09. The predicted molar refractivity (Wildman–Crippen MR) is 56.7 cm³/mol. The Morgan fingerprint density at radius 1 is 1.25 bits per heavy atom. The first-order chi connectivity index (χ1) is 7.70. The number of rotatable bonds is 3. The van der Waals surface area contributed by atoms with E-state index in [0.717, 1.165) is 23.9 Å². The molecule has 0 spiro atoms. The zero-order chi connectivity index (χ0) is 11.5. The number of nitrogens with zero attached hydrogens (tertiary/aromatic N) is 1. The normalized spacial score (nSPS) is 10.7. The molecule has 3 N–H and O–H groups in total. The topological polar surface area (TPSA) is 54.7 Å². The highest BCUT2D eigenvalue weighted by Crippen LogP contribution is 2.22. The van der Waals surface area contributed by atoms with Crippen molar-refractivity contribution in [3.05, 3.63) is 41.6 Å². The molecule has 5 heteroatoms. The Balaban J connectivity index is 2.38. The zero-order valence-corrected chi connectivity index (χ0v) is 8.50. The molecule has 1 aromatic heterocycles. The average molecular weight is 223 g/mol. The molecule has 0 fully saturated rings. The second-order valence-electron chi connectivity index (χ2n) is 3.44. The van der Waals surface area contributed by atoms with Gasteiger partial charge >= 0.3 is 0 Å². The minimum absolute atomic E-state index is 0.152. The summed E-state index contributed by atoms with van der Waals surface area (Å²) in [6, 6.07) is 4.96. The molecule has 0 amide bonds. The lowest BCUT2D eigenvalue weighted by Gasteiger charge is -1.98. The molecule has 0 bridgehead atoms. The Morgan fingerprint density at radius 3 is 2.81 bits per heavy atom. The SMILES string of the molecule is NCCc1cc(-c2cc(F)ccc2F)n[nH]1. The summed E-state index contributed by atoms with van der Waals surface area (Å²) in [5.74, 6) is -0.980. The summed E-state index contributed by atoms with van der Waals surface area (Å²) < 4.78 is 26.4. The van der Waals surface area contributed by atoms with Crippen molar-refractivity contribution >= 4 is 0 Å². The van der Waals surface area contributed by atoms with Crippen LogP contribution in [-0.4, -0.2) is 16.7 Å². The fourth-order valence-corrected chi connectivity index (χ4v) is 1.48. The number of aromatic amines is 1. The van der Waals surface area contributed by atoms with Crippen LogP contribution in [0.5, 0.6) is 0 Å². The molecule has 3 nitrogen and oxygen atoms in total. The molecule has 2 aromatic rings. The van der Waals surface area contributed by atoms with Crippen molar-refractivity contribution in [3.8, 4) is 11.3 Å². The molecule has 0 aliphatic heterocycles. The number of halogens is 2. The van der Waals surface area contributed by atoms with Gasteiger partial charge in [-0.2, -0.15) is 5.10 Å². The molecule has 0 saturated carbocycles. The summed E-state index contributed by atoms with van der Waals surface area (Å²) in [6.45, 7) is 0.479. The molecule has 16 heavy (non-hydrogen) atoms. The highest BCUT2D eigenvalue weighted by molar-refractivity contribution is 5.60. The van der Waals surface area contributed by atoms with E-state index in [1.807, 2.05) is 0 Å². The molecule has 0 saturated heterocycles. The van der Waals surface area contributed by atoms with E-state index in [4.69, 9.17) is 5.73 Å². The van der Waals surface area contributed by atoms with Gasteiger partial charge in [-0.3, -0.25) is 5.10 Å². The van der Waals surface area contributed by atoms with E-state index in [9.17, 15) is 8.78 Å². The van der Waals surface area contributed by atoms with Gasteiger partial charge in [0.25, 0.3) is 0 Å². The number of hydrogen-bond donors (Lipinski definition) is 2. The van der Waals surface area contributed by atoms with Crippen LogP contribution in [0.1, 0.15) is 5.69 Å². The lowest BCUT2D eigenvalue weighted by molar-refractivity contribution is 0.602. The molecule has 0 aliphatic rings. The van der Waals surface area contributed by atoms with Crippen molar-refractivity contribution < 1.29 is 8.78 Å². The van der Waals surface area contributed by atoms with Crippen molar-refractivity contribution in [2.24, 2.45) is 5.73 Å². The van der Waals surface area contributed by atoms with E-state index in [2.05, 4.69) is 10.2 Å². The van der Waals surface area contributed by atoms with E-state index in [1.165, 1.54) is 0 Å². The fraction of sp³-hybridized carbons (Fsp3) is 0.182. The third kappa shape index (κ3) is 2.09. The first-order valence-corrected chi connectivity index (χ1v) is 4.90. The average Bonchev–Trinajstić information content (AvgIpc) is 2.71. The van der Waals surface area contributed by atoms with E-state index < -0.39 is 11.6 Å². The minimum Gasteiger partial charge on any atom is -0.330 e. The number of benzene rings is 1. The molecule has 0 atom stereocenters. The smallest absolute Gasteiger partial charge is 0.132 e. The maximum atomic E-state index is 13.4. The molecular weight excluding hydrogens is 212 g/mol. The lowest BCUT2D eigenvalue weighted by atomic mass is 10.1. The first kappa shape index (κ1) is 10.8. The van der Waals surface area contributed by atoms with Gasteiger partial charge in [-0.15, -0.1) is 0 Å². The van der Waals surface area contributed by atoms with Crippen LogP contribution < -0.4 is 5.73 Å². The third-order valence-corrected chi connectivity index (χ3v) is 2.25. The van der Waals surface area contributed by atoms with E-state index in [0.29, 0.717) is 18.7 Å². The van der Waals surface area contributed by atoms with Crippen molar-refractivity contribution in [2.45, 2.75) is 6.42 Å². The summed E-state index contributed by atoms with van der Waals surface area (Å²) in [5, 5.41) is 6.65. The summed E-state index contributed by atoms with van der Waals surface area (Å²) >= 11 is 0. The molecule has 1 heterocycles. The van der Waals surface area contributed by atoms with Crippen LogP contribution in [0.4, 0.5) is 8.78 Å². The molecule has 0 unspecified atom stereocenters. The largest absolute Gasteiger partial charge is 0.330 e. The number of hydrogen-bond acceptors (Lipinski definition) is 2. The van der Waals surface area contributed by atoms with Gasteiger partial charge in [0.1, 0.15) is 11.6 Å². The fourth-order valence-electron chi connectivity index (χ4n) is 1.48. The number of nitrogens with two attached hydrogens (primary N) is 1. The zero-order valence-electron chi connectivity index (χ0n) is 8.50. The van der Waals surface area contributed by atoms with Crippen LogP contribution in [0, 0.1) is 11.6 Å². The maximum Gasteiger partial charge on any atom is 0.132 e. The Bertz CT molecular complexity index is 494. The summed E-state index contributed by atoms with van der Waals surface area (Å²) in [4.78, 5) is 0. The minimum atomic E-state index is -0.493. The number of nitrogens with one attached hydrogen (secondary N) is 1. The molecule has 1 aromatic carbocycles. The summed E-state index contributed by atoms with van der Waals surface area (Å²) in [7, 11) is 0. The van der Waals surface area contributed by atoms with Gasteiger partial charge in [-0.05, 0) is 30.8 Å². The molecular formula is C11H11F2N3. The van der Waals surface area contributed by atoms with Crippen LogP contribution in [0.3, 0.4) is 0 Å². The van der Waals surface area contributed by atoms with E-state index >= 15 is 0 Å². The van der Waals surface area contributed by atoms with Gasteiger partial charge in [-0.25, -0.2) is 8.78 Å². The van der Waals surface area contributed by atoms with Gasteiger partial charge in [-0.1, -0.05) is 0 Å². The van der Waals surface area contributed by atoms with Crippen molar-refractivity contribution in [1.82, 2.24) is 10.2 Å². The molecule has 0 radical (unpaired) electrons.